The van der Waals surface area contributed by atoms with Crippen molar-refractivity contribution in [1.82, 2.24) is 26.3 Å². The Morgan fingerprint density at radius 3 is 2.21 bits per heavy atom. The van der Waals surface area contributed by atoms with Gasteiger partial charge >= 0.3 is 5.63 Å². The van der Waals surface area contributed by atoms with Crippen LogP contribution in [-0.2, 0) is 30.2 Å². The Kier molecular flexibility index (Phi) is 13.6. The molecule has 15 heteroatoms. The first-order chi connectivity index (χ1) is 22.9. The summed E-state index contributed by atoms with van der Waals surface area (Å²) >= 11 is 0. The summed E-state index contributed by atoms with van der Waals surface area (Å²) in [7, 11) is 1.55. The number of carbonyl (C=O) groups is 3. The number of carbonyl (C=O) groups excluding carboxylic acids is 3. The number of rotatable bonds is 20. The van der Waals surface area contributed by atoms with Crippen LogP contribution in [0.5, 0.6) is 0 Å². The number of likely N-dealkylation sites (N-methyl/N-ethyl adjacent to an activating group) is 1. The van der Waals surface area contributed by atoms with Crippen molar-refractivity contribution in [1.29, 1.82) is 0 Å². The van der Waals surface area contributed by atoms with Gasteiger partial charge in [0.2, 0.25) is 11.8 Å². The van der Waals surface area contributed by atoms with Crippen molar-refractivity contribution < 1.29 is 37.6 Å². The van der Waals surface area contributed by atoms with E-state index in [9.17, 15) is 19.2 Å². The molecule has 0 saturated carbocycles. The van der Waals surface area contributed by atoms with Crippen LogP contribution in [-0.4, -0.2) is 94.4 Å². The number of hydrogen-bond acceptors (Lipinski definition) is 12. The van der Waals surface area contributed by atoms with Crippen molar-refractivity contribution in [3.05, 3.63) is 63.5 Å². The normalized spacial score (nSPS) is 11.1. The third-order valence-corrected chi connectivity index (χ3v) is 7.16. The first-order valence-electron chi connectivity index (χ1n) is 15.4. The average Bonchev–Trinajstić information content (AvgIpc) is 3.55. The van der Waals surface area contributed by atoms with Gasteiger partial charge < -0.3 is 39.9 Å². The highest BCUT2D eigenvalue weighted by atomic mass is 16.6. The van der Waals surface area contributed by atoms with Crippen molar-refractivity contribution in [3.63, 3.8) is 0 Å². The lowest BCUT2D eigenvalue weighted by molar-refractivity contribution is -0.120. The van der Waals surface area contributed by atoms with Gasteiger partial charge in [0.1, 0.15) is 16.6 Å². The number of ether oxygens (including phenoxy) is 3. The van der Waals surface area contributed by atoms with Crippen LogP contribution in [0, 0.1) is 6.92 Å². The largest absolute Gasteiger partial charge is 0.422 e. The van der Waals surface area contributed by atoms with Crippen molar-refractivity contribution in [2.75, 3.05) is 71.6 Å². The standard InChI is InChI=1S/C32H40N6O9/c1-21-24-7-6-23(36-20-30(40)33-2)18-28(24)46-32(42)25(21)19-29(39)34-9-3-11-43-13-15-45-16-14-44-12-4-10-35-31(41)22-5-8-26-27(17-22)38-47-37-26/h5-8,17-18,36H,3-4,9-16,19-20H2,1-2H3,(H,33,40)(H,34,39)(H,35,41). The van der Waals surface area contributed by atoms with Gasteiger partial charge in [0.15, 0.2) is 0 Å². The summed E-state index contributed by atoms with van der Waals surface area (Å²) < 4.78 is 26.7. The van der Waals surface area contributed by atoms with Crippen molar-refractivity contribution in [3.8, 4) is 0 Å². The maximum atomic E-state index is 12.6. The number of fused-ring (bicyclic) bond motifs is 2. The minimum atomic E-state index is -0.567. The van der Waals surface area contributed by atoms with E-state index in [0.29, 0.717) is 105 Å². The zero-order chi connectivity index (χ0) is 33.4. The van der Waals surface area contributed by atoms with Crippen LogP contribution in [0.2, 0.25) is 0 Å². The van der Waals surface area contributed by atoms with E-state index in [4.69, 9.17) is 18.6 Å². The number of anilines is 1. The molecule has 0 saturated heterocycles. The molecule has 4 aromatic rings. The molecule has 2 heterocycles. The highest BCUT2D eigenvalue weighted by Gasteiger charge is 2.15. The molecule has 0 aliphatic rings. The third-order valence-electron chi connectivity index (χ3n) is 7.16. The molecule has 3 amide bonds. The SMILES string of the molecule is CNC(=O)CNc1ccc2c(C)c(CC(=O)NCCCOCCOCCOCCCNC(=O)c3ccc4nonc4c3)c(=O)oc2c1. The molecule has 15 nitrogen and oxygen atoms in total. The van der Waals surface area contributed by atoms with E-state index in [2.05, 4.69) is 36.2 Å². The number of hydrogen-bond donors (Lipinski definition) is 4. The van der Waals surface area contributed by atoms with Gasteiger partial charge in [0, 0.05) is 56.1 Å². The number of aryl methyl sites for hydroxylation is 1. The molecule has 0 bridgehead atoms. The molecule has 4 N–H and O–H groups in total. The summed E-state index contributed by atoms with van der Waals surface area (Å²) in [5.74, 6) is -0.650. The van der Waals surface area contributed by atoms with Gasteiger partial charge in [0.25, 0.3) is 5.91 Å². The number of amides is 3. The molecule has 252 valence electrons. The second kappa shape index (κ2) is 18.3. The van der Waals surface area contributed by atoms with Crippen LogP contribution in [0.25, 0.3) is 22.0 Å². The molecular weight excluding hydrogens is 612 g/mol. The molecule has 0 unspecified atom stereocenters. The lowest BCUT2D eigenvalue weighted by Crippen LogP contribution is -2.29. The maximum absolute atomic E-state index is 12.6. The molecule has 4 rings (SSSR count). The maximum Gasteiger partial charge on any atom is 0.340 e. The molecule has 0 spiro atoms. The minimum Gasteiger partial charge on any atom is -0.422 e. The van der Waals surface area contributed by atoms with E-state index in [1.165, 1.54) is 0 Å². The van der Waals surface area contributed by atoms with Gasteiger partial charge in [-0.15, -0.1) is 0 Å². The fourth-order valence-corrected chi connectivity index (χ4v) is 4.55. The van der Waals surface area contributed by atoms with E-state index in [1.807, 2.05) is 0 Å². The molecule has 0 fully saturated rings. The first-order valence-corrected chi connectivity index (χ1v) is 15.4. The Labute approximate surface area is 270 Å². The summed E-state index contributed by atoms with van der Waals surface area (Å²) in [6.07, 6.45) is 1.18. The van der Waals surface area contributed by atoms with Gasteiger partial charge in [-0.25, -0.2) is 9.42 Å². The van der Waals surface area contributed by atoms with Crippen LogP contribution in [0.4, 0.5) is 5.69 Å². The van der Waals surface area contributed by atoms with Gasteiger partial charge in [-0.2, -0.15) is 0 Å². The Morgan fingerprint density at radius 2 is 1.49 bits per heavy atom. The van der Waals surface area contributed by atoms with Crippen LogP contribution in [0.1, 0.15) is 34.3 Å². The molecule has 0 atom stereocenters. The summed E-state index contributed by atoms with van der Waals surface area (Å²) in [6.45, 7) is 5.38. The molecule has 0 radical (unpaired) electrons. The van der Waals surface area contributed by atoms with Crippen LogP contribution in [0.15, 0.2) is 50.2 Å². The summed E-state index contributed by atoms with van der Waals surface area (Å²) in [4.78, 5) is 48.8. The molecule has 2 aromatic heterocycles. The highest BCUT2D eigenvalue weighted by molar-refractivity contribution is 5.97. The van der Waals surface area contributed by atoms with Gasteiger partial charge in [-0.1, -0.05) is 0 Å². The van der Waals surface area contributed by atoms with Gasteiger partial charge in [-0.3, -0.25) is 14.4 Å². The molecular formula is C32H40N6O9. The Bertz CT molecular complexity index is 1700. The first kappa shape index (κ1) is 35.0. The Balaban J connectivity index is 0.990. The number of nitrogens with one attached hydrogen (secondary N) is 4. The summed E-state index contributed by atoms with van der Waals surface area (Å²) in [5.41, 5.74) is 3.05. The Hall–Kier alpha value is -4.86. The zero-order valence-corrected chi connectivity index (χ0v) is 26.5. The van der Waals surface area contributed by atoms with E-state index < -0.39 is 5.63 Å². The van der Waals surface area contributed by atoms with Crippen LogP contribution >= 0.6 is 0 Å². The number of nitrogens with zero attached hydrogens (tertiary/aromatic N) is 2. The van der Waals surface area contributed by atoms with Crippen LogP contribution < -0.4 is 26.9 Å². The monoisotopic (exact) mass is 652 g/mol. The molecule has 0 aliphatic carbocycles. The summed E-state index contributed by atoms with van der Waals surface area (Å²) in [5, 5.41) is 19.3. The smallest absolute Gasteiger partial charge is 0.340 e. The fourth-order valence-electron chi connectivity index (χ4n) is 4.55. The van der Waals surface area contributed by atoms with E-state index >= 15 is 0 Å². The van der Waals surface area contributed by atoms with Crippen LogP contribution in [0.3, 0.4) is 0 Å². The van der Waals surface area contributed by atoms with E-state index in [-0.39, 0.29) is 30.7 Å². The second-order valence-corrected chi connectivity index (χ2v) is 10.5. The molecule has 47 heavy (non-hydrogen) atoms. The Morgan fingerprint density at radius 1 is 0.809 bits per heavy atom. The molecule has 0 aliphatic heterocycles. The second-order valence-electron chi connectivity index (χ2n) is 10.5. The lowest BCUT2D eigenvalue weighted by Gasteiger charge is -2.11. The third kappa shape index (κ3) is 10.9. The van der Waals surface area contributed by atoms with Gasteiger partial charge in [-0.05, 0) is 66.0 Å². The van der Waals surface area contributed by atoms with Gasteiger partial charge in [0.05, 0.1) is 45.0 Å². The molecule has 2 aromatic carbocycles. The lowest BCUT2D eigenvalue weighted by atomic mass is 10.0. The predicted molar refractivity (Wildman–Crippen MR) is 172 cm³/mol. The van der Waals surface area contributed by atoms with E-state index in [0.717, 1.165) is 5.39 Å². The fraction of sp³-hybridized carbons (Fsp3) is 0.438. The number of aromatic nitrogens is 2. The predicted octanol–water partition coefficient (Wildman–Crippen LogP) is 1.71. The quantitative estimate of drug-likeness (QED) is 0.0798. The number of benzene rings is 2. The topological polar surface area (TPSA) is 196 Å². The minimum absolute atomic E-state index is 0.0917. The van der Waals surface area contributed by atoms with E-state index in [1.54, 1.807) is 50.4 Å². The van der Waals surface area contributed by atoms with Crippen molar-refractivity contribution >= 4 is 45.4 Å². The zero-order valence-electron chi connectivity index (χ0n) is 26.5. The summed E-state index contributed by atoms with van der Waals surface area (Å²) in [6, 6.07) is 10.2. The van der Waals surface area contributed by atoms with Crippen molar-refractivity contribution in [2.24, 2.45) is 0 Å². The highest BCUT2D eigenvalue weighted by Crippen LogP contribution is 2.23. The van der Waals surface area contributed by atoms with Crippen molar-refractivity contribution in [2.45, 2.75) is 26.2 Å². The average molecular weight is 653 g/mol.